The van der Waals surface area contributed by atoms with Gasteiger partial charge in [0.1, 0.15) is 11.6 Å². The molecule has 2 fully saturated rings. The summed E-state index contributed by atoms with van der Waals surface area (Å²) in [7, 11) is 0. The van der Waals surface area contributed by atoms with Crippen molar-refractivity contribution in [2.45, 2.75) is 62.8 Å². The third-order valence-corrected chi connectivity index (χ3v) is 6.89. The van der Waals surface area contributed by atoms with E-state index in [1.807, 2.05) is 0 Å². The van der Waals surface area contributed by atoms with Crippen molar-refractivity contribution in [1.82, 2.24) is 24.8 Å². The zero-order valence-corrected chi connectivity index (χ0v) is 19.5. The molecule has 198 valence electrons. The maximum absolute atomic E-state index is 13.6. The normalized spacial score (nSPS) is 26.5. The molecule has 3 heterocycles. The van der Waals surface area contributed by atoms with Crippen LogP contribution in [-0.2, 0) is 12.5 Å². The molecular formula is C25H28F4N6O2. The lowest BCUT2D eigenvalue weighted by Gasteiger charge is -2.48. The lowest BCUT2D eigenvalue weighted by Crippen LogP contribution is -2.63. The number of nitrogens with one attached hydrogen (secondary N) is 2. The Morgan fingerprint density at radius 2 is 2.05 bits per heavy atom. The molecule has 1 aromatic carbocycles. The summed E-state index contributed by atoms with van der Waals surface area (Å²) in [6.45, 7) is -2.97. The molecule has 2 aliphatic rings. The van der Waals surface area contributed by atoms with E-state index in [-0.39, 0.29) is 30.9 Å². The molecule has 1 aliphatic heterocycles. The van der Waals surface area contributed by atoms with E-state index < -0.39 is 60.4 Å². The molecule has 37 heavy (non-hydrogen) atoms. The van der Waals surface area contributed by atoms with Crippen LogP contribution in [0.2, 0.25) is 0 Å². The largest absolute Gasteiger partial charge is 0.435 e. The molecule has 0 spiro atoms. The fraction of sp³-hybridized carbons (Fsp3) is 0.480. The second-order valence-electron chi connectivity index (χ2n) is 9.32. The Morgan fingerprint density at radius 3 is 2.73 bits per heavy atom. The number of likely N-dealkylation sites (tertiary alicyclic amines) is 1. The Bertz CT molecular complexity index is 1470. The van der Waals surface area contributed by atoms with Crippen LogP contribution in [0.4, 0.5) is 28.2 Å². The van der Waals surface area contributed by atoms with Gasteiger partial charge < -0.3 is 20.6 Å². The Kier molecular flexibility index (Phi) is 5.21. The van der Waals surface area contributed by atoms with Crippen LogP contribution in [0.15, 0.2) is 36.4 Å². The number of amides is 2. The lowest BCUT2D eigenvalue weighted by molar-refractivity contribution is -0.141. The fourth-order valence-corrected chi connectivity index (χ4v) is 4.93. The molecule has 3 aromatic rings. The summed E-state index contributed by atoms with van der Waals surface area (Å²) in [5.41, 5.74) is -1.63. The van der Waals surface area contributed by atoms with Crippen LogP contribution < -0.4 is 10.6 Å². The van der Waals surface area contributed by atoms with E-state index in [2.05, 4.69) is 20.7 Å². The molecule has 0 bridgehead atoms. The zero-order chi connectivity index (χ0) is 30.6. The van der Waals surface area contributed by atoms with Crippen LogP contribution in [0, 0.1) is 5.82 Å². The summed E-state index contributed by atoms with van der Waals surface area (Å²) in [4.78, 5) is 18.5. The SMILES string of the molecule is [2H]C([2H])([2H])C([2H])([2H])c1cc(NCC2C(c3ccc(F)cc3)CN2C(=O)N[C@@H]2CC[C@@H](O)C2)n2nc(C(F)(F)F)cc2n1. The molecule has 2 amide bonds. The van der Waals surface area contributed by atoms with Gasteiger partial charge >= 0.3 is 12.2 Å². The molecule has 2 aromatic heterocycles. The molecule has 8 nitrogen and oxygen atoms in total. The number of halogens is 4. The number of aliphatic hydroxyl groups is 1. The number of aliphatic hydroxyl groups excluding tert-OH is 1. The van der Waals surface area contributed by atoms with Crippen molar-refractivity contribution in [3.8, 4) is 0 Å². The highest BCUT2D eigenvalue weighted by Gasteiger charge is 2.43. The van der Waals surface area contributed by atoms with Crippen LogP contribution in [0.5, 0.6) is 0 Å². The molecular weight excluding hydrogens is 492 g/mol. The number of hydrogen-bond acceptors (Lipinski definition) is 5. The molecule has 12 heteroatoms. The fourth-order valence-electron chi connectivity index (χ4n) is 4.93. The first-order chi connectivity index (χ1) is 19.5. The maximum Gasteiger partial charge on any atom is 0.435 e. The molecule has 1 saturated carbocycles. The van der Waals surface area contributed by atoms with Gasteiger partial charge in [0.15, 0.2) is 11.3 Å². The van der Waals surface area contributed by atoms with E-state index in [1.165, 1.54) is 17.0 Å². The smallest absolute Gasteiger partial charge is 0.393 e. The lowest BCUT2D eigenvalue weighted by atomic mass is 9.82. The third kappa shape index (κ3) is 5.20. The second kappa shape index (κ2) is 9.81. The zero-order valence-electron chi connectivity index (χ0n) is 24.5. The summed E-state index contributed by atoms with van der Waals surface area (Å²) < 4.78 is 93.8. The number of anilines is 1. The van der Waals surface area contributed by atoms with Crippen molar-refractivity contribution in [2.75, 3.05) is 18.4 Å². The van der Waals surface area contributed by atoms with Crippen molar-refractivity contribution in [3.05, 3.63) is 59.2 Å². The number of hydrogen-bond donors (Lipinski definition) is 3. The number of aromatic nitrogens is 3. The third-order valence-electron chi connectivity index (χ3n) is 6.89. The number of aryl methyl sites for hydroxylation is 1. The van der Waals surface area contributed by atoms with Gasteiger partial charge in [-0.3, -0.25) is 0 Å². The Balaban J connectivity index is 1.46. The van der Waals surface area contributed by atoms with Gasteiger partial charge in [0.25, 0.3) is 0 Å². The number of benzene rings is 1. The number of rotatable bonds is 6. The standard InChI is InChI=1S/C25H28F4N6O2/c1-2-16-10-22(35-23(31-16)11-21(33-35)25(27,28)29)30-12-20-19(14-3-5-15(26)6-4-14)13-34(20)24(37)32-17-7-8-18(36)9-17/h3-6,10-11,17-20,30,36H,2,7-9,12-13H2,1H3,(H,32,37)/t17-,18-,19?,20?/m1/s1/i1D3,2D2. The van der Waals surface area contributed by atoms with E-state index in [0.29, 0.717) is 25.3 Å². The summed E-state index contributed by atoms with van der Waals surface area (Å²) in [5.74, 6) is -0.897. The molecule has 5 rings (SSSR count). The molecule has 0 radical (unpaired) electrons. The van der Waals surface area contributed by atoms with E-state index in [1.54, 1.807) is 12.1 Å². The minimum atomic E-state index is -4.85. The number of fused-ring (bicyclic) bond motifs is 1. The predicted octanol–water partition coefficient (Wildman–Crippen LogP) is 3.95. The summed E-state index contributed by atoms with van der Waals surface area (Å²) in [6, 6.07) is 6.08. The van der Waals surface area contributed by atoms with E-state index in [4.69, 9.17) is 6.85 Å². The van der Waals surface area contributed by atoms with Gasteiger partial charge in [-0.05, 0) is 43.3 Å². The van der Waals surface area contributed by atoms with Crippen LogP contribution in [0.3, 0.4) is 0 Å². The highest BCUT2D eigenvalue weighted by molar-refractivity contribution is 5.76. The van der Waals surface area contributed by atoms with Gasteiger partial charge in [0.2, 0.25) is 0 Å². The van der Waals surface area contributed by atoms with Crippen molar-refractivity contribution in [2.24, 2.45) is 0 Å². The molecule has 1 aliphatic carbocycles. The Labute approximate surface area is 217 Å². The maximum atomic E-state index is 13.6. The van der Waals surface area contributed by atoms with Gasteiger partial charge in [0.05, 0.1) is 12.1 Å². The monoisotopic (exact) mass is 525 g/mol. The van der Waals surface area contributed by atoms with E-state index in [0.717, 1.165) is 16.1 Å². The van der Waals surface area contributed by atoms with Gasteiger partial charge in [-0.1, -0.05) is 19.0 Å². The molecule has 2 unspecified atom stereocenters. The molecule has 1 saturated heterocycles. The van der Waals surface area contributed by atoms with Crippen LogP contribution in [0.1, 0.15) is 55.8 Å². The number of alkyl halides is 3. The average Bonchev–Trinajstić information content (AvgIpc) is 3.50. The van der Waals surface area contributed by atoms with Crippen molar-refractivity contribution >= 4 is 17.5 Å². The van der Waals surface area contributed by atoms with Gasteiger partial charge in [-0.2, -0.15) is 22.8 Å². The number of urea groups is 1. The topological polar surface area (TPSA) is 94.8 Å². The Morgan fingerprint density at radius 1 is 1.27 bits per heavy atom. The van der Waals surface area contributed by atoms with E-state index in [9.17, 15) is 27.5 Å². The average molecular weight is 526 g/mol. The summed E-state index contributed by atoms with van der Waals surface area (Å²) in [6.07, 6.45) is -6.78. The van der Waals surface area contributed by atoms with E-state index >= 15 is 0 Å². The first kappa shape index (κ1) is 19.7. The minimum absolute atomic E-state index is 0.0563. The quantitative estimate of drug-likeness (QED) is 0.424. The number of carbonyl (C=O) groups is 1. The van der Waals surface area contributed by atoms with Gasteiger partial charge in [-0.15, -0.1) is 0 Å². The number of nitrogens with zero attached hydrogens (tertiary/aromatic N) is 4. The Hall–Kier alpha value is -3.41. The molecule has 4 atom stereocenters. The minimum Gasteiger partial charge on any atom is -0.393 e. The van der Waals surface area contributed by atoms with Crippen LogP contribution >= 0.6 is 0 Å². The second-order valence-corrected chi connectivity index (χ2v) is 9.32. The van der Waals surface area contributed by atoms with Crippen LogP contribution in [-0.4, -0.2) is 61.9 Å². The summed E-state index contributed by atoms with van der Waals surface area (Å²) >= 11 is 0. The van der Waals surface area contributed by atoms with Gasteiger partial charge in [-0.25, -0.2) is 14.2 Å². The first-order valence-electron chi connectivity index (χ1n) is 14.3. The van der Waals surface area contributed by atoms with Crippen LogP contribution in [0.25, 0.3) is 5.65 Å². The number of carbonyl (C=O) groups excluding carboxylic acids is 1. The highest BCUT2D eigenvalue weighted by Crippen LogP contribution is 2.35. The summed E-state index contributed by atoms with van der Waals surface area (Å²) in [5, 5.41) is 19.2. The first-order valence-corrected chi connectivity index (χ1v) is 11.8. The predicted molar refractivity (Wildman–Crippen MR) is 128 cm³/mol. The van der Waals surface area contributed by atoms with Gasteiger partial charge in [0, 0.05) is 49.7 Å². The van der Waals surface area contributed by atoms with Crippen molar-refractivity contribution in [1.29, 1.82) is 0 Å². The van der Waals surface area contributed by atoms with Crippen molar-refractivity contribution in [3.63, 3.8) is 0 Å². The van der Waals surface area contributed by atoms with Crippen molar-refractivity contribution < 1.29 is 34.3 Å². The highest BCUT2D eigenvalue weighted by atomic mass is 19.4. The molecule has 3 N–H and O–H groups in total.